The van der Waals surface area contributed by atoms with Crippen LogP contribution < -0.4 is 4.90 Å². The molecule has 0 spiro atoms. The zero-order chi connectivity index (χ0) is 18.9. The Labute approximate surface area is 151 Å². The highest BCUT2D eigenvalue weighted by atomic mass is 19.4. The zero-order valence-corrected chi connectivity index (χ0v) is 14.8. The Hall–Kier alpha value is -2.34. The molecule has 0 aliphatic carbocycles. The van der Waals surface area contributed by atoms with E-state index in [1.165, 1.54) is 17.7 Å². The molecule has 3 nitrogen and oxygen atoms in total. The van der Waals surface area contributed by atoms with E-state index in [2.05, 4.69) is 0 Å². The summed E-state index contributed by atoms with van der Waals surface area (Å²) in [6.45, 7) is 2.89. The lowest BCUT2D eigenvalue weighted by molar-refractivity contribution is -0.137. The van der Waals surface area contributed by atoms with E-state index in [4.69, 9.17) is 0 Å². The van der Waals surface area contributed by atoms with Crippen molar-refractivity contribution in [1.29, 1.82) is 0 Å². The number of likely N-dealkylation sites (N-methyl/N-ethyl adjacent to an activating group) is 1. The summed E-state index contributed by atoms with van der Waals surface area (Å²) in [5.74, 6) is 0.00404. The van der Waals surface area contributed by atoms with Gasteiger partial charge in [0.05, 0.1) is 11.6 Å². The Bertz CT molecular complexity index is 786. The maximum atomic E-state index is 12.9. The number of benzene rings is 2. The average Bonchev–Trinajstić information content (AvgIpc) is 3.04. The van der Waals surface area contributed by atoms with E-state index < -0.39 is 11.7 Å². The topological polar surface area (TPSA) is 23.6 Å². The molecule has 138 valence electrons. The van der Waals surface area contributed by atoms with Gasteiger partial charge in [0, 0.05) is 18.8 Å². The third kappa shape index (κ3) is 3.75. The lowest BCUT2D eigenvalue weighted by atomic mass is 10.1. The molecule has 1 aliphatic rings. The molecule has 0 radical (unpaired) electrons. The molecule has 0 saturated carbocycles. The van der Waals surface area contributed by atoms with Crippen LogP contribution in [-0.4, -0.2) is 30.4 Å². The standard InChI is InChI=1S/C20H21F3N2O/c1-14(19(26)25-12-11-16-5-3-4-6-18(16)25)24(2)13-15-7-9-17(10-8-15)20(21,22)23/h3-10,14H,11-13H2,1-2H3/t14-/m1/s1. The third-order valence-electron chi connectivity index (χ3n) is 4.88. The molecule has 26 heavy (non-hydrogen) atoms. The van der Waals surface area contributed by atoms with Crippen molar-refractivity contribution in [1.82, 2.24) is 4.90 Å². The van der Waals surface area contributed by atoms with Crippen LogP contribution in [0.1, 0.15) is 23.6 Å². The molecule has 3 rings (SSSR count). The molecule has 1 heterocycles. The molecule has 2 aromatic carbocycles. The minimum Gasteiger partial charge on any atom is -0.310 e. The molecule has 0 N–H and O–H groups in total. The second-order valence-corrected chi connectivity index (χ2v) is 6.65. The van der Waals surface area contributed by atoms with E-state index in [-0.39, 0.29) is 11.9 Å². The van der Waals surface area contributed by atoms with Crippen LogP contribution in [0.25, 0.3) is 0 Å². The van der Waals surface area contributed by atoms with Gasteiger partial charge in [-0.15, -0.1) is 0 Å². The number of anilines is 1. The van der Waals surface area contributed by atoms with Gasteiger partial charge in [-0.05, 0) is 49.7 Å². The van der Waals surface area contributed by atoms with Crippen molar-refractivity contribution < 1.29 is 18.0 Å². The number of hydrogen-bond acceptors (Lipinski definition) is 2. The summed E-state index contributed by atoms with van der Waals surface area (Å²) >= 11 is 0. The van der Waals surface area contributed by atoms with Crippen LogP contribution in [0.4, 0.5) is 18.9 Å². The first-order valence-corrected chi connectivity index (χ1v) is 8.53. The van der Waals surface area contributed by atoms with Crippen molar-refractivity contribution in [3.05, 3.63) is 65.2 Å². The van der Waals surface area contributed by atoms with Crippen molar-refractivity contribution in [2.45, 2.75) is 32.1 Å². The van der Waals surface area contributed by atoms with Crippen LogP contribution in [0, 0.1) is 0 Å². The number of carbonyl (C=O) groups excluding carboxylic acids is 1. The first-order valence-electron chi connectivity index (χ1n) is 8.53. The van der Waals surface area contributed by atoms with Crippen molar-refractivity contribution in [3.63, 3.8) is 0 Å². The summed E-state index contributed by atoms with van der Waals surface area (Å²) in [5.41, 5.74) is 2.19. The number of nitrogens with zero attached hydrogens (tertiary/aromatic N) is 2. The van der Waals surface area contributed by atoms with Gasteiger partial charge in [-0.3, -0.25) is 9.69 Å². The Kier molecular flexibility index (Phi) is 5.05. The first kappa shape index (κ1) is 18.5. The van der Waals surface area contributed by atoms with Crippen molar-refractivity contribution in [2.75, 3.05) is 18.5 Å². The van der Waals surface area contributed by atoms with E-state index in [1.807, 2.05) is 43.1 Å². The van der Waals surface area contributed by atoms with Crippen molar-refractivity contribution in [3.8, 4) is 0 Å². The summed E-state index contributed by atoms with van der Waals surface area (Å²) in [6, 6.07) is 12.6. The van der Waals surface area contributed by atoms with Crippen molar-refractivity contribution in [2.24, 2.45) is 0 Å². The van der Waals surface area contributed by atoms with Gasteiger partial charge in [-0.25, -0.2) is 0 Å². The monoisotopic (exact) mass is 362 g/mol. The van der Waals surface area contributed by atoms with Gasteiger partial charge in [0.25, 0.3) is 0 Å². The normalized spacial score (nSPS) is 15.2. The molecule has 6 heteroatoms. The minimum absolute atomic E-state index is 0.00404. The number of carbonyl (C=O) groups is 1. The van der Waals surface area contributed by atoms with Gasteiger partial charge in [-0.2, -0.15) is 13.2 Å². The summed E-state index contributed by atoms with van der Waals surface area (Å²) < 4.78 is 37.9. The Morgan fingerprint density at radius 3 is 2.46 bits per heavy atom. The molecule has 1 amide bonds. The number of fused-ring (bicyclic) bond motifs is 1. The largest absolute Gasteiger partial charge is 0.416 e. The van der Waals surface area contributed by atoms with Gasteiger partial charge < -0.3 is 4.90 Å². The number of amides is 1. The lowest BCUT2D eigenvalue weighted by Gasteiger charge is -2.28. The molecule has 0 saturated heterocycles. The van der Waals surface area contributed by atoms with Gasteiger partial charge >= 0.3 is 6.18 Å². The van der Waals surface area contributed by atoms with Crippen LogP contribution in [-0.2, 0) is 23.9 Å². The highest BCUT2D eigenvalue weighted by molar-refractivity contribution is 5.98. The summed E-state index contributed by atoms with van der Waals surface area (Å²) in [7, 11) is 1.81. The van der Waals surface area contributed by atoms with Crippen LogP contribution in [0.2, 0.25) is 0 Å². The second kappa shape index (κ2) is 7.11. The number of rotatable bonds is 4. The zero-order valence-electron chi connectivity index (χ0n) is 14.8. The fraction of sp³-hybridized carbons (Fsp3) is 0.350. The number of hydrogen-bond donors (Lipinski definition) is 0. The minimum atomic E-state index is -4.34. The van der Waals surface area contributed by atoms with Gasteiger partial charge in [-0.1, -0.05) is 30.3 Å². The molecule has 2 aromatic rings. The second-order valence-electron chi connectivity index (χ2n) is 6.65. The first-order chi connectivity index (χ1) is 12.3. The number of para-hydroxylation sites is 1. The Morgan fingerprint density at radius 2 is 1.81 bits per heavy atom. The number of alkyl halides is 3. The molecule has 0 bridgehead atoms. The molecule has 0 unspecified atom stereocenters. The van der Waals surface area contributed by atoms with E-state index in [9.17, 15) is 18.0 Å². The fourth-order valence-corrected chi connectivity index (χ4v) is 3.21. The van der Waals surface area contributed by atoms with Gasteiger partial charge in [0.2, 0.25) is 5.91 Å². The third-order valence-corrected chi connectivity index (χ3v) is 4.88. The SMILES string of the molecule is C[C@H](C(=O)N1CCc2ccccc21)N(C)Cc1ccc(C(F)(F)F)cc1. The van der Waals surface area contributed by atoms with Gasteiger partial charge in [0.1, 0.15) is 0 Å². The maximum absolute atomic E-state index is 12.9. The highest BCUT2D eigenvalue weighted by Crippen LogP contribution is 2.30. The van der Waals surface area contributed by atoms with Crippen LogP contribution in [0.3, 0.4) is 0 Å². The smallest absolute Gasteiger partial charge is 0.310 e. The van der Waals surface area contributed by atoms with E-state index >= 15 is 0 Å². The predicted octanol–water partition coefficient (Wildman–Crippen LogP) is 4.12. The van der Waals surface area contributed by atoms with E-state index in [0.29, 0.717) is 13.1 Å². The highest BCUT2D eigenvalue weighted by Gasteiger charge is 2.31. The molecule has 0 fully saturated rings. The lowest BCUT2D eigenvalue weighted by Crippen LogP contribution is -2.45. The van der Waals surface area contributed by atoms with E-state index in [0.717, 1.165) is 29.8 Å². The summed E-state index contributed by atoms with van der Waals surface area (Å²) in [5, 5.41) is 0. The Balaban J connectivity index is 1.66. The quantitative estimate of drug-likeness (QED) is 0.817. The molecular formula is C20H21F3N2O. The van der Waals surface area contributed by atoms with Crippen LogP contribution in [0.5, 0.6) is 0 Å². The predicted molar refractivity (Wildman–Crippen MR) is 94.9 cm³/mol. The molecule has 0 aromatic heterocycles. The Morgan fingerprint density at radius 1 is 1.15 bits per heavy atom. The van der Waals surface area contributed by atoms with Crippen molar-refractivity contribution >= 4 is 11.6 Å². The average molecular weight is 362 g/mol. The van der Waals surface area contributed by atoms with Crippen LogP contribution in [0.15, 0.2) is 48.5 Å². The molecule has 1 atom stereocenters. The number of halogens is 3. The fourth-order valence-electron chi connectivity index (χ4n) is 3.21. The summed E-state index contributed by atoms with van der Waals surface area (Å²) in [6.07, 6.45) is -3.49. The maximum Gasteiger partial charge on any atom is 0.416 e. The summed E-state index contributed by atoms with van der Waals surface area (Å²) in [4.78, 5) is 16.5. The molecule has 1 aliphatic heterocycles. The van der Waals surface area contributed by atoms with E-state index in [1.54, 1.807) is 4.90 Å². The van der Waals surface area contributed by atoms with Gasteiger partial charge in [0.15, 0.2) is 0 Å². The van der Waals surface area contributed by atoms with Crippen LogP contribution >= 0.6 is 0 Å². The molecular weight excluding hydrogens is 341 g/mol.